The van der Waals surface area contributed by atoms with Gasteiger partial charge in [-0.25, -0.2) is 4.99 Å². The Hall–Kier alpha value is -1.39. The molecule has 0 aromatic heterocycles. The van der Waals surface area contributed by atoms with Crippen molar-refractivity contribution in [3.05, 3.63) is 35.9 Å². The van der Waals surface area contributed by atoms with Crippen LogP contribution in [0.25, 0.3) is 0 Å². The monoisotopic (exact) mass is 513 g/mol. The molecule has 1 aromatic rings. The number of hydrogen-bond donors (Lipinski definition) is 2. The Morgan fingerprint density at radius 1 is 1.24 bits per heavy atom. The Kier molecular flexibility index (Phi) is 8.14. The molecule has 4 rings (SSSR count). The lowest BCUT2D eigenvalue weighted by atomic mass is 10.1. The van der Waals surface area contributed by atoms with E-state index >= 15 is 0 Å². The van der Waals surface area contributed by atoms with Gasteiger partial charge in [0.15, 0.2) is 5.96 Å². The molecule has 29 heavy (non-hydrogen) atoms. The molecule has 2 heterocycles. The van der Waals surface area contributed by atoms with Crippen LogP contribution in [0.3, 0.4) is 0 Å². The van der Waals surface area contributed by atoms with E-state index in [-0.39, 0.29) is 42.5 Å². The van der Waals surface area contributed by atoms with Crippen molar-refractivity contribution in [2.24, 2.45) is 4.99 Å². The lowest BCUT2D eigenvalue weighted by Crippen LogP contribution is -2.50. The Morgan fingerprint density at radius 2 is 2.03 bits per heavy atom. The third-order valence-corrected chi connectivity index (χ3v) is 5.59. The van der Waals surface area contributed by atoms with Gasteiger partial charge in [0.05, 0.1) is 18.8 Å². The average Bonchev–Trinajstić information content (AvgIpc) is 3.40. The van der Waals surface area contributed by atoms with Crippen LogP contribution >= 0.6 is 24.0 Å². The fourth-order valence-corrected chi connectivity index (χ4v) is 4.02. The summed E-state index contributed by atoms with van der Waals surface area (Å²) < 4.78 is 6.07. The molecule has 0 spiro atoms. The lowest BCUT2D eigenvalue weighted by Gasteiger charge is -2.36. The van der Waals surface area contributed by atoms with Crippen LogP contribution in [0.1, 0.15) is 25.3 Å². The zero-order valence-corrected chi connectivity index (χ0v) is 19.4. The number of halogens is 1. The summed E-state index contributed by atoms with van der Waals surface area (Å²) in [6.45, 7) is 7.35. The molecule has 1 aromatic carbocycles. The molecule has 0 bridgehead atoms. The molecule has 1 saturated carbocycles. The fraction of sp³-hybridized carbons (Fsp3) is 0.619. The van der Waals surface area contributed by atoms with Gasteiger partial charge in [0.1, 0.15) is 6.54 Å². The minimum Gasteiger partial charge on any atom is -0.373 e. The van der Waals surface area contributed by atoms with Crippen molar-refractivity contribution in [3.8, 4) is 0 Å². The van der Waals surface area contributed by atoms with Crippen molar-refractivity contribution < 1.29 is 9.53 Å². The number of carbonyl (C=O) groups is 1. The quantitative estimate of drug-likeness (QED) is 0.343. The average molecular weight is 513 g/mol. The van der Waals surface area contributed by atoms with Crippen molar-refractivity contribution in [1.82, 2.24) is 20.4 Å². The minimum atomic E-state index is 0. The van der Waals surface area contributed by atoms with Gasteiger partial charge >= 0.3 is 0 Å². The van der Waals surface area contributed by atoms with Gasteiger partial charge in [-0.05, 0) is 25.3 Å². The van der Waals surface area contributed by atoms with Gasteiger partial charge in [-0.2, -0.15) is 0 Å². The minimum absolute atomic E-state index is 0. The van der Waals surface area contributed by atoms with E-state index in [2.05, 4.69) is 62.7 Å². The first-order chi connectivity index (χ1) is 13.7. The van der Waals surface area contributed by atoms with E-state index in [1.165, 1.54) is 5.56 Å². The normalized spacial score (nSPS) is 24.6. The second-order valence-electron chi connectivity index (χ2n) is 7.85. The van der Waals surface area contributed by atoms with Crippen LogP contribution < -0.4 is 10.6 Å². The standard InChI is InChI=1S/C21H31N5O2.HI/c1-2-22-21(23-12-20(27)24-17-8-9-17)26-14-18-19(15-26)28-11-10-25(18)13-16-6-4-3-5-7-16;/h3-7,17-19H,2,8-15H2,1H3,(H,22,23)(H,24,27);1H. The van der Waals surface area contributed by atoms with E-state index in [4.69, 9.17) is 4.74 Å². The second kappa shape index (κ2) is 10.6. The zero-order valence-electron chi connectivity index (χ0n) is 17.0. The lowest BCUT2D eigenvalue weighted by molar-refractivity contribution is -0.119. The molecule has 2 N–H and O–H groups in total. The predicted octanol–water partition coefficient (Wildman–Crippen LogP) is 1.43. The molecule has 2 saturated heterocycles. The van der Waals surface area contributed by atoms with Crippen molar-refractivity contribution >= 4 is 35.8 Å². The van der Waals surface area contributed by atoms with E-state index in [9.17, 15) is 4.79 Å². The van der Waals surface area contributed by atoms with Crippen LogP contribution in [0, 0.1) is 0 Å². The van der Waals surface area contributed by atoms with Gasteiger partial charge in [-0.15, -0.1) is 24.0 Å². The molecule has 2 unspecified atom stereocenters. The number of benzene rings is 1. The number of fused-ring (bicyclic) bond motifs is 1. The first-order valence-electron chi connectivity index (χ1n) is 10.4. The molecule has 160 valence electrons. The van der Waals surface area contributed by atoms with Crippen LogP contribution in [0.4, 0.5) is 0 Å². The molecule has 3 aliphatic rings. The maximum Gasteiger partial charge on any atom is 0.242 e. The Balaban J connectivity index is 0.00000240. The highest BCUT2D eigenvalue weighted by Crippen LogP contribution is 2.24. The van der Waals surface area contributed by atoms with Crippen LogP contribution in [0.5, 0.6) is 0 Å². The van der Waals surface area contributed by atoms with E-state index in [0.29, 0.717) is 12.1 Å². The SMILES string of the molecule is CCNC(=NCC(=O)NC1CC1)N1CC2OCCN(Cc3ccccc3)C2C1.I. The topological polar surface area (TPSA) is 69.2 Å². The van der Waals surface area contributed by atoms with Crippen molar-refractivity contribution in [1.29, 1.82) is 0 Å². The van der Waals surface area contributed by atoms with E-state index in [0.717, 1.165) is 58.1 Å². The predicted molar refractivity (Wildman–Crippen MR) is 125 cm³/mol. The summed E-state index contributed by atoms with van der Waals surface area (Å²) >= 11 is 0. The van der Waals surface area contributed by atoms with Gasteiger partial charge in [-0.3, -0.25) is 9.69 Å². The summed E-state index contributed by atoms with van der Waals surface area (Å²) in [7, 11) is 0. The summed E-state index contributed by atoms with van der Waals surface area (Å²) in [4.78, 5) is 21.4. The molecular formula is C21H32IN5O2. The van der Waals surface area contributed by atoms with E-state index in [1.54, 1.807) is 0 Å². The first kappa shape index (κ1) is 22.3. The van der Waals surface area contributed by atoms with Crippen LogP contribution in [0.2, 0.25) is 0 Å². The number of nitrogens with one attached hydrogen (secondary N) is 2. The van der Waals surface area contributed by atoms with Crippen molar-refractivity contribution in [2.75, 3.05) is 39.3 Å². The van der Waals surface area contributed by atoms with Gasteiger partial charge < -0.3 is 20.3 Å². The summed E-state index contributed by atoms with van der Waals surface area (Å²) in [5.74, 6) is 0.822. The van der Waals surface area contributed by atoms with Crippen LogP contribution in [-0.2, 0) is 16.1 Å². The third kappa shape index (κ3) is 6.05. The van der Waals surface area contributed by atoms with Crippen LogP contribution in [-0.4, -0.2) is 79.2 Å². The van der Waals surface area contributed by atoms with Crippen LogP contribution in [0.15, 0.2) is 35.3 Å². The smallest absolute Gasteiger partial charge is 0.242 e. The summed E-state index contributed by atoms with van der Waals surface area (Å²) in [6.07, 6.45) is 2.38. The van der Waals surface area contributed by atoms with Gasteiger partial charge in [0, 0.05) is 38.8 Å². The molecule has 1 aliphatic carbocycles. The number of likely N-dealkylation sites (tertiary alicyclic amines) is 1. The number of nitrogens with zero attached hydrogens (tertiary/aromatic N) is 3. The Bertz CT molecular complexity index is 698. The molecule has 7 nitrogen and oxygen atoms in total. The number of rotatable bonds is 6. The number of carbonyl (C=O) groups excluding carboxylic acids is 1. The number of guanidine groups is 1. The summed E-state index contributed by atoms with van der Waals surface area (Å²) in [5.41, 5.74) is 1.33. The Morgan fingerprint density at radius 3 is 2.76 bits per heavy atom. The number of amides is 1. The number of aliphatic imine (C=N–C) groups is 1. The molecule has 1 amide bonds. The number of hydrogen-bond acceptors (Lipinski definition) is 4. The van der Waals surface area contributed by atoms with Gasteiger partial charge in [0.2, 0.25) is 5.91 Å². The first-order valence-corrected chi connectivity index (χ1v) is 10.4. The zero-order chi connectivity index (χ0) is 19.3. The highest BCUT2D eigenvalue weighted by atomic mass is 127. The van der Waals surface area contributed by atoms with Crippen molar-refractivity contribution in [2.45, 2.75) is 44.5 Å². The highest BCUT2D eigenvalue weighted by Gasteiger charge is 2.41. The largest absolute Gasteiger partial charge is 0.373 e. The third-order valence-electron chi connectivity index (χ3n) is 5.59. The van der Waals surface area contributed by atoms with E-state index in [1.807, 2.05) is 0 Å². The van der Waals surface area contributed by atoms with E-state index < -0.39 is 0 Å². The van der Waals surface area contributed by atoms with Gasteiger partial charge in [0.25, 0.3) is 0 Å². The maximum absolute atomic E-state index is 12.0. The number of ether oxygens (including phenoxy) is 1. The number of morpholine rings is 1. The maximum atomic E-state index is 12.0. The molecule has 2 atom stereocenters. The molecular weight excluding hydrogens is 481 g/mol. The molecule has 8 heteroatoms. The Labute approximate surface area is 190 Å². The second-order valence-corrected chi connectivity index (χ2v) is 7.85. The van der Waals surface area contributed by atoms with Gasteiger partial charge in [-0.1, -0.05) is 30.3 Å². The molecule has 2 aliphatic heterocycles. The fourth-order valence-electron chi connectivity index (χ4n) is 4.02. The molecule has 0 radical (unpaired) electrons. The van der Waals surface area contributed by atoms with Crippen molar-refractivity contribution in [3.63, 3.8) is 0 Å². The molecule has 3 fully saturated rings. The summed E-state index contributed by atoms with van der Waals surface area (Å²) in [6, 6.07) is 11.3. The highest BCUT2D eigenvalue weighted by molar-refractivity contribution is 14.0. The summed E-state index contributed by atoms with van der Waals surface area (Å²) in [5, 5.41) is 6.35.